The maximum atomic E-state index is 9.99. The molecule has 1 heterocycles. The summed E-state index contributed by atoms with van der Waals surface area (Å²) in [4.78, 5) is 17.4. The van der Waals surface area contributed by atoms with Crippen LogP contribution in [0.4, 0.5) is 6.01 Å². The van der Waals surface area contributed by atoms with Crippen LogP contribution in [0.5, 0.6) is 0 Å². The molecular formula is C10H8N4O2. The number of hydrogen-bond donors (Lipinski definition) is 1. The van der Waals surface area contributed by atoms with Crippen LogP contribution in [0, 0.1) is 0 Å². The molecule has 0 atom stereocenters. The van der Waals surface area contributed by atoms with Gasteiger partial charge < -0.3 is 10.3 Å². The minimum absolute atomic E-state index is 0.0197. The van der Waals surface area contributed by atoms with Crippen molar-refractivity contribution in [3.8, 4) is 11.4 Å². The number of nitrogens with two attached hydrogens (primary N) is 1. The molecule has 0 radical (unpaired) electrons. The highest BCUT2D eigenvalue weighted by atomic mass is 16.5. The lowest BCUT2D eigenvalue weighted by molar-refractivity contribution is 0.437. The van der Waals surface area contributed by atoms with Crippen LogP contribution in [0.15, 0.2) is 33.8 Å². The molecule has 6 heteroatoms. The summed E-state index contributed by atoms with van der Waals surface area (Å²) in [5.74, 6) is 0.412. The molecule has 0 fully saturated rings. The Labute approximate surface area is 90.8 Å². The maximum absolute atomic E-state index is 9.99. The van der Waals surface area contributed by atoms with Gasteiger partial charge in [0.2, 0.25) is 11.9 Å². The first-order valence-electron chi connectivity index (χ1n) is 4.52. The standard InChI is InChI=1S/C10H8N4O2/c11-10-13-9(14-16-10)8-3-1-2-7(4-8)5-12-6-15/h1-4H,5H2,(H2,11,13,14). The number of nitrogen functional groups attached to an aromatic ring is 1. The Morgan fingerprint density at radius 1 is 1.50 bits per heavy atom. The molecule has 2 rings (SSSR count). The predicted molar refractivity (Wildman–Crippen MR) is 56.0 cm³/mol. The van der Waals surface area contributed by atoms with Crippen molar-refractivity contribution in [2.24, 2.45) is 4.99 Å². The molecule has 16 heavy (non-hydrogen) atoms. The third-order valence-electron chi connectivity index (χ3n) is 1.95. The Kier molecular flexibility index (Phi) is 2.75. The Balaban J connectivity index is 2.31. The fraction of sp³-hybridized carbons (Fsp3) is 0.100. The highest BCUT2D eigenvalue weighted by molar-refractivity contribution is 5.56. The van der Waals surface area contributed by atoms with Gasteiger partial charge in [-0.05, 0) is 11.6 Å². The van der Waals surface area contributed by atoms with Crippen LogP contribution < -0.4 is 5.73 Å². The lowest BCUT2D eigenvalue weighted by Gasteiger charge is -1.97. The molecule has 0 aliphatic heterocycles. The molecule has 0 spiro atoms. The first-order chi connectivity index (χ1) is 7.79. The number of anilines is 1. The third kappa shape index (κ3) is 2.13. The summed E-state index contributed by atoms with van der Waals surface area (Å²) in [6.07, 6.45) is 1.48. The summed E-state index contributed by atoms with van der Waals surface area (Å²) in [7, 11) is 0. The summed E-state index contributed by atoms with van der Waals surface area (Å²) >= 11 is 0. The third-order valence-corrected chi connectivity index (χ3v) is 1.95. The van der Waals surface area contributed by atoms with Gasteiger partial charge in [0.25, 0.3) is 0 Å². The summed E-state index contributed by atoms with van der Waals surface area (Å²) in [5, 5.41) is 3.69. The van der Waals surface area contributed by atoms with Gasteiger partial charge in [-0.25, -0.2) is 9.79 Å². The molecule has 0 unspecified atom stereocenters. The van der Waals surface area contributed by atoms with Crippen molar-refractivity contribution in [1.82, 2.24) is 10.1 Å². The van der Waals surface area contributed by atoms with Crippen molar-refractivity contribution < 1.29 is 9.32 Å². The van der Waals surface area contributed by atoms with E-state index in [1.165, 1.54) is 6.08 Å². The number of aliphatic imine (C=N–C) groups is 1. The van der Waals surface area contributed by atoms with Crippen LogP contribution >= 0.6 is 0 Å². The Morgan fingerprint density at radius 2 is 2.38 bits per heavy atom. The molecule has 2 aromatic rings. The molecule has 1 aromatic carbocycles. The number of isocyanates is 1. The van der Waals surface area contributed by atoms with E-state index in [1.54, 1.807) is 0 Å². The van der Waals surface area contributed by atoms with Crippen LogP contribution in [0.25, 0.3) is 11.4 Å². The maximum Gasteiger partial charge on any atom is 0.319 e. The highest BCUT2D eigenvalue weighted by Gasteiger charge is 2.06. The van der Waals surface area contributed by atoms with Crippen LogP contribution in [0.3, 0.4) is 0 Å². The lowest BCUT2D eigenvalue weighted by atomic mass is 10.1. The Hall–Kier alpha value is -2.46. The molecule has 0 aliphatic carbocycles. The monoisotopic (exact) mass is 216 g/mol. The molecular weight excluding hydrogens is 208 g/mol. The molecule has 0 aliphatic rings. The smallest absolute Gasteiger partial charge is 0.319 e. The average Bonchev–Trinajstić information content (AvgIpc) is 2.74. The summed E-state index contributed by atoms with van der Waals surface area (Å²) < 4.78 is 4.67. The van der Waals surface area contributed by atoms with Crippen molar-refractivity contribution in [3.63, 3.8) is 0 Å². The number of rotatable bonds is 3. The van der Waals surface area contributed by atoms with E-state index < -0.39 is 0 Å². The van der Waals surface area contributed by atoms with Crippen LogP contribution in [0.1, 0.15) is 5.56 Å². The number of carbonyl (C=O) groups excluding carboxylic acids is 1. The average molecular weight is 216 g/mol. The van der Waals surface area contributed by atoms with Crippen molar-refractivity contribution >= 4 is 12.1 Å². The van der Waals surface area contributed by atoms with Gasteiger partial charge in [0.15, 0.2) is 0 Å². The zero-order chi connectivity index (χ0) is 11.4. The molecule has 0 saturated heterocycles. The predicted octanol–water partition coefficient (Wildman–Crippen LogP) is 1.15. The van der Waals surface area contributed by atoms with Crippen LogP contribution in [-0.2, 0) is 11.3 Å². The van der Waals surface area contributed by atoms with Crippen molar-refractivity contribution in [2.75, 3.05) is 5.73 Å². The second-order valence-electron chi connectivity index (χ2n) is 3.06. The molecule has 0 amide bonds. The van der Waals surface area contributed by atoms with Gasteiger partial charge in [-0.3, -0.25) is 0 Å². The first kappa shape index (κ1) is 10.1. The van der Waals surface area contributed by atoms with Gasteiger partial charge in [-0.1, -0.05) is 23.4 Å². The number of benzene rings is 1. The molecule has 2 N–H and O–H groups in total. The fourth-order valence-corrected chi connectivity index (χ4v) is 1.28. The van der Waals surface area contributed by atoms with E-state index in [0.717, 1.165) is 11.1 Å². The summed E-state index contributed by atoms with van der Waals surface area (Å²) in [6.45, 7) is 0.282. The van der Waals surface area contributed by atoms with Gasteiger partial charge in [0.05, 0.1) is 6.54 Å². The largest absolute Gasteiger partial charge is 0.351 e. The summed E-state index contributed by atoms with van der Waals surface area (Å²) in [6, 6.07) is 7.31. The zero-order valence-corrected chi connectivity index (χ0v) is 8.25. The van der Waals surface area contributed by atoms with E-state index in [2.05, 4.69) is 19.7 Å². The van der Waals surface area contributed by atoms with Crippen LogP contribution in [0.2, 0.25) is 0 Å². The molecule has 80 valence electrons. The molecule has 0 bridgehead atoms. The van der Waals surface area contributed by atoms with E-state index in [1.807, 2.05) is 24.3 Å². The Morgan fingerprint density at radius 3 is 3.06 bits per heavy atom. The number of hydrogen-bond acceptors (Lipinski definition) is 6. The normalized spacial score (nSPS) is 9.75. The van der Waals surface area contributed by atoms with E-state index in [0.29, 0.717) is 5.82 Å². The van der Waals surface area contributed by atoms with Crippen molar-refractivity contribution in [1.29, 1.82) is 0 Å². The van der Waals surface area contributed by atoms with Crippen molar-refractivity contribution in [2.45, 2.75) is 6.54 Å². The topological polar surface area (TPSA) is 94.4 Å². The van der Waals surface area contributed by atoms with E-state index >= 15 is 0 Å². The molecule has 1 aromatic heterocycles. The van der Waals surface area contributed by atoms with Gasteiger partial charge in [-0.15, -0.1) is 0 Å². The van der Waals surface area contributed by atoms with Gasteiger partial charge in [-0.2, -0.15) is 4.98 Å². The quantitative estimate of drug-likeness (QED) is 0.613. The van der Waals surface area contributed by atoms with Crippen LogP contribution in [-0.4, -0.2) is 16.2 Å². The fourth-order valence-electron chi connectivity index (χ4n) is 1.28. The number of nitrogens with zero attached hydrogens (tertiary/aromatic N) is 3. The van der Waals surface area contributed by atoms with Gasteiger partial charge >= 0.3 is 6.01 Å². The molecule has 6 nitrogen and oxygen atoms in total. The lowest BCUT2D eigenvalue weighted by Crippen LogP contribution is -1.86. The Bertz CT molecular complexity index is 543. The first-order valence-corrected chi connectivity index (χ1v) is 4.52. The van der Waals surface area contributed by atoms with E-state index in [9.17, 15) is 4.79 Å². The summed E-state index contributed by atoms with van der Waals surface area (Å²) in [5.41, 5.74) is 6.95. The van der Waals surface area contributed by atoms with E-state index in [-0.39, 0.29) is 12.6 Å². The van der Waals surface area contributed by atoms with Gasteiger partial charge in [0.1, 0.15) is 0 Å². The highest BCUT2D eigenvalue weighted by Crippen LogP contribution is 2.18. The van der Waals surface area contributed by atoms with Crippen molar-refractivity contribution in [3.05, 3.63) is 29.8 Å². The minimum atomic E-state index is 0.0197. The minimum Gasteiger partial charge on any atom is -0.351 e. The van der Waals surface area contributed by atoms with Gasteiger partial charge in [0, 0.05) is 5.56 Å². The second-order valence-corrected chi connectivity index (χ2v) is 3.06. The SMILES string of the molecule is Nc1nc(-c2cccc(CN=C=O)c2)no1. The second kappa shape index (κ2) is 4.37. The molecule has 0 saturated carbocycles. The number of aromatic nitrogens is 2. The van der Waals surface area contributed by atoms with E-state index in [4.69, 9.17) is 5.73 Å². The zero-order valence-electron chi connectivity index (χ0n) is 8.25.